The van der Waals surface area contributed by atoms with Gasteiger partial charge in [-0.25, -0.2) is 4.98 Å². The SMILES string of the molecule is COc1ccc(OCCN2C(=O)C(C)Oc3ccc(-c4csc(-c5ccccn5)n4)cc32)cc1. The molecule has 1 amide bonds. The molecule has 2 aromatic carbocycles. The number of amides is 1. The van der Waals surface area contributed by atoms with Gasteiger partial charge in [0.05, 0.1) is 30.7 Å². The summed E-state index contributed by atoms with van der Waals surface area (Å²) in [5.41, 5.74) is 3.28. The van der Waals surface area contributed by atoms with Gasteiger partial charge >= 0.3 is 0 Å². The molecule has 34 heavy (non-hydrogen) atoms. The van der Waals surface area contributed by atoms with Crippen molar-refractivity contribution in [3.05, 3.63) is 72.2 Å². The Hall–Kier alpha value is -3.91. The van der Waals surface area contributed by atoms with E-state index in [9.17, 15) is 4.79 Å². The largest absolute Gasteiger partial charge is 0.497 e. The van der Waals surface area contributed by atoms with E-state index in [0.29, 0.717) is 30.3 Å². The third kappa shape index (κ3) is 4.45. The van der Waals surface area contributed by atoms with Crippen LogP contribution in [0, 0.1) is 0 Å². The summed E-state index contributed by atoms with van der Waals surface area (Å²) in [6.07, 6.45) is 1.19. The third-order valence-electron chi connectivity index (χ3n) is 5.49. The van der Waals surface area contributed by atoms with E-state index in [1.54, 1.807) is 25.1 Å². The number of anilines is 1. The smallest absolute Gasteiger partial charge is 0.267 e. The molecule has 1 unspecified atom stereocenters. The molecule has 1 atom stereocenters. The fourth-order valence-electron chi connectivity index (χ4n) is 3.74. The zero-order valence-electron chi connectivity index (χ0n) is 18.8. The van der Waals surface area contributed by atoms with Crippen LogP contribution in [0.25, 0.3) is 22.0 Å². The Morgan fingerprint density at radius 1 is 1.06 bits per heavy atom. The molecule has 1 aliphatic heterocycles. The van der Waals surface area contributed by atoms with Gasteiger partial charge in [0, 0.05) is 17.1 Å². The van der Waals surface area contributed by atoms with Gasteiger partial charge in [0.25, 0.3) is 5.91 Å². The van der Waals surface area contributed by atoms with Crippen molar-refractivity contribution < 1.29 is 19.0 Å². The number of carbonyl (C=O) groups is 1. The number of carbonyl (C=O) groups excluding carboxylic acids is 1. The van der Waals surface area contributed by atoms with Crippen LogP contribution < -0.4 is 19.1 Å². The van der Waals surface area contributed by atoms with Gasteiger partial charge in [-0.3, -0.25) is 9.78 Å². The first-order valence-corrected chi connectivity index (χ1v) is 11.8. The van der Waals surface area contributed by atoms with Crippen LogP contribution in [0.2, 0.25) is 0 Å². The molecule has 0 fully saturated rings. The Labute approximate surface area is 201 Å². The predicted molar refractivity (Wildman–Crippen MR) is 132 cm³/mol. The lowest BCUT2D eigenvalue weighted by molar-refractivity contribution is -0.125. The second-order valence-electron chi connectivity index (χ2n) is 7.71. The van der Waals surface area contributed by atoms with Gasteiger partial charge in [0.1, 0.15) is 28.9 Å². The average Bonchev–Trinajstić information content (AvgIpc) is 3.37. The quantitative estimate of drug-likeness (QED) is 0.373. The third-order valence-corrected chi connectivity index (χ3v) is 6.36. The highest BCUT2D eigenvalue weighted by Crippen LogP contribution is 2.38. The Balaban J connectivity index is 1.36. The molecular formula is C26H23N3O4S. The van der Waals surface area contributed by atoms with Gasteiger partial charge in [-0.2, -0.15) is 0 Å². The second kappa shape index (κ2) is 9.52. The topological polar surface area (TPSA) is 73.8 Å². The number of thiazole rings is 1. The van der Waals surface area contributed by atoms with E-state index < -0.39 is 6.10 Å². The summed E-state index contributed by atoms with van der Waals surface area (Å²) >= 11 is 1.54. The zero-order valence-corrected chi connectivity index (χ0v) is 19.6. The minimum Gasteiger partial charge on any atom is -0.497 e. The van der Waals surface area contributed by atoms with Crippen molar-refractivity contribution >= 4 is 22.9 Å². The number of pyridine rings is 1. The van der Waals surface area contributed by atoms with Crippen LogP contribution in [0.5, 0.6) is 17.2 Å². The number of fused-ring (bicyclic) bond motifs is 1. The highest BCUT2D eigenvalue weighted by Gasteiger charge is 2.31. The molecule has 3 heterocycles. The van der Waals surface area contributed by atoms with Crippen LogP contribution in [0.4, 0.5) is 5.69 Å². The lowest BCUT2D eigenvalue weighted by Crippen LogP contribution is -2.46. The van der Waals surface area contributed by atoms with Gasteiger partial charge in [0.15, 0.2) is 6.10 Å². The number of hydrogen-bond donors (Lipinski definition) is 0. The molecule has 8 heteroatoms. The first-order valence-electron chi connectivity index (χ1n) is 10.9. The number of aromatic nitrogens is 2. The van der Waals surface area contributed by atoms with E-state index in [0.717, 1.165) is 27.7 Å². The number of hydrogen-bond acceptors (Lipinski definition) is 7. The molecule has 5 rings (SSSR count). The Morgan fingerprint density at radius 3 is 2.65 bits per heavy atom. The Bertz CT molecular complexity index is 1290. The number of nitrogens with zero attached hydrogens (tertiary/aromatic N) is 3. The van der Waals surface area contributed by atoms with Crippen LogP contribution in [0.15, 0.2) is 72.2 Å². The summed E-state index contributed by atoms with van der Waals surface area (Å²) in [4.78, 5) is 23.8. The van der Waals surface area contributed by atoms with Crippen LogP contribution in [0.3, 0.4) is 0 Å². The number of rotatable bonds is 7. The summed E-state index contributed by atoms with van der Waals surface area (Å²) in [5, 5.41) is 2.84. The monoisotopic (exact) mass is 473 g/mol. The van der Waals surface area contributed by atoms with Gasteiger partial charge in [-0.15, -0.1) is 11.3 Å². The maximum absolute atomic E-state index is 13.0. The molecule has 1 aliphatic rings. The molecule has 172 valence electrons. The van der Waals surface area contributed by atoms with E-state index in [1.807, 2.05) is 66.0 Å². The first-order chi connectivity index (χ1) is 16.6. The number of methoxy groups -OCH3 is 1. The molecule has 2 aromatic heterocycles. The van der Waals surface area contributed by atoms with Gasteiger partial charge in [0.2, 0.25) is 0 Å². The summed E-state index contributed by atoms with van der Waals surface area (Å²) in [5.74, 6) is 2.04. The number of benzene rings is 2. The molecule has 4 aromatic rings. The molecule has 0 aliphatic carbocycles. The minimum absolute atomic E-state index is 0.101. The molecule has 0 spiro atoms. The molecule has 7 nitrogen and oxygen atoms in total. The Kier molecular flexibility index (Phi) is 6.14. The maximum Gasteiger partial charge on any atom is 0.267 e. The minimum atomic E-state index is -0.561. The van der Waals surface area contributed by atoms with E-state index in [1.165, 1.54) is 11.3 Å². The first kappa shape index (κ1) is 21.9. The lowest BCUT2D eigenvalue weighted by Gasteiger charge is -2.33. The van der Waals surface area contributed by atoms with Crippen LogP contribution in [-0.4, -0.2) is 42.2 Å². The van der Waals surface area contributed by atoms with Crippen LogP contribution in [-0.2, 0) is 4.79 Å². The van der Waals surface area contributed by atoms with Crippen molar-refractivity contribution in [2.24, 2.45) is 0 Å². The molecule has 0 saturated carbocycles. The van der Waals surface area contributed by atoms with Crippen molar-refractivity contribution in [2.45, 2.75) is 13.0 Å². The molecule has 0 radical (unpaired) electrons. The molecular weight excluding hydrogens is 450 g/mol. The molecule has 0 saturated heterocycles. The molecule has 0 bridgehead atoms. The van der Waals surface area contributed by atoms with Crippen molar-refractivity contribution in [2.75, 3.05) is 25.2 Å². The predicted octanol–water partition coefficient (Wildman–Crippen LogP) is 5.07. The summed E-state index contributed by atoms with van der Waals surface area (Å²) in [7, 11) is 1.62. The van der Waals surface area contributed by atoms with Crippen molar-refractivity contribution in [1.82, 2.24) is 9.97 Å². The Morgan fingerprint density at radius 2 is 1.88 bits per heavy atom. The summed E-state index contributed by atoms with van der Waals surface area (Å²) < 4.78 is 16.9. The van der Waals surface area contributed by atoms with E-state index in [4.69, 9.17) is 19.2 Å². The van der Waals surface area contributed by atoms with Gasteiger partial charge in [-0.05, 0) is 61.5 Å². The zero-order chi connectivity index (χ0) is 23.5. The lowest BCUT2D eigenvalue weighted by atomic mass is 10.1. The maximum atomic E-state index is 13.0. The van der Waals surface area contributed by atoms with Gasteiger partial charge < -0.3 is 19.1 Å². The van der Waals surface area contributed by atoms with Gasteiger partial charge in [-0.1, -0.05) is 6.07 Å². The normalized spacial score (nSPS) is 14.9. The van der Waals surface area contributed by atoms with E-state index >= 15 is 0 Å². The second-order valence-corrected chi connectivity index (χ2v) is 8.57. The van der Waals surface area contributed by atoms with Crippen LogP contribution in [0.1, 0.15) is 6.92 Å². The molecule has 0 N–H and O–H groups in total. The van der Waals surface area contributed by atoms with Crippen LogP contribution >= 0.6 is 11.3 Å². The van der Waals surface area contributed by atoms with Crippen molar-refractivity contribution in [3.63, 3.8) is 0 Å². The fourth-order valence-corrected chi connectivity index (χ4v) is 4.54. The average molecular weight is 474 g/mol. The standard InChI is InChI=1S/C26H23N3O4S/c1-17-26(30)29(13-14-32-20-9-7-19(31-2)8-10-20)23-15-18(6-11-24(23)33-17)22-16-34-25(28-22)21-5-3-4-12-27-21/h3-12,15-17H,13-14H2,1-2H3. The highest BCUT2D eigenvalue weighted by molar-refractivity contribution is 7.13. The summed E-state index contributed by atoms with van der Waals surface area (Å²) in [6.45, 7) is 2.50. The van der Waals surface area contributed by atoms with E-state index in [2.05, 4.69) is 4.98 Å². The fraction of sp³-hybridized carbons (Fsp3) is 0.192. The highest BCUT2D eigenvalue weighted by atomic mass is 32.1. The van der Waals surface area contributed by atoms with E-state index in [-0.39, 0.29) is 5.91 Å². The van der Waals surface area contributed by atoms with Crippen molar-refractivity contribution in [1.29, 1.82) is 0 Å². The number of ether oxygens (including phenoxy) is 3. The van der Waals surface area contributed by atoms with Crippen molar-refractivity contribution in [3.8, 4) is 39.2 Å². The summed E-state index contributed by atoms with van der Waals surface area (Å²) in [6, 6.07) is 18.9.